The number of halogens is 1. The van der Waals surface area contributed by atoms with Crippen molar-refractivity contribution < 1.29 is 0 Å². The largest absolute Gasteiger partial charge is 0.0988 e. The van der Waals surface area contributed by atoms with Crippen molar-refractivity contribution in [2.75, 3.05) is 0 Å². The number of allylic oxidation sites excluding steroid dienone is 3. The molecule has 0 saturated carbocycles. The van der Waals surface area contributed by atoms with E-state index in [2.05, 4.69) is 27.4 Å². The van der Waals surface area contributed by atoms with Gasteiger partial charge < -0.3 is 0 Å². The van der Waals surface area contributed by atoms with E-state index in [4.69, 9.17) is 11.6 Å². The predicted molar refractivity (Wildman–Crippen MR) is 64.7 cm³/mol. The number of rotatable bonds is 2. The molecule has 14 heavy (non-hydrogen) atoms. The Hall–Kier alpha value is -1.01. The molecule has 0 aliphatic carbocycles. The lowest BCUT2D eigenvalue weighted by atomic mass is 9.98. The summed E-state index contributed by atoms with van der Waals surface area (Å²) in [5.74, 6) is 0. The molecule has 0 atom stereocenters. The van der Waals surface area contributed by atoms with E-state index in [1.165, 1.54) is 22.3 Å². The highest BCUT2D eigenvalue weighted by atomic mass is 35.5. The van der Waals surface area contributed by atoms with Gasteiger partial charge in [0.15, 0.2) is 0 Å². The Labute approximate surface area is 90.9 Å². The van der Waals surface area contributed by atoms with Crippen molar-refractivity contribution in [1.82, 2.24) is 0 Å². The standard InChI is InChI=1S/C13H15Cl/c1-5-9(2)11(4)13-8-12(14)7-6-10(13)3/h5-8H,1H2,2-4H3/b11-9+. The maximum atomic E-state index is 5.96. The van der Waals surface area contributed by atoms with Crippen LogP contribution >= 0.6 is 11.6 Å². The van der Waals surface area contributed by atoms with Crippen LogP contribution in [-0.2, 0) is 0 Å². The molecule has 1 rings (SSSR count). The summed E-state index contributed by atoms with van der Waals surface area (Å²) < 4.78 is 0. The fraction of sp³-hybridized carbons (Fsp3) is 0.231. The highest BCUT2D eigenvalue weighted by Gasteiger charge is 2.03. The SMILES string of the molecule is C=C/C(C)=C(\C)c1cc(Cl)ccc1C. The zero-order chi connectivity index (χ0) is 10.7. The van der Waals surface area contributed by atoms with Crippen molar-refractivity contribution in [3.63, 3.8) is 0 Å². The monoisotopic (exact) mass is 206 g/mol. The van der Waals surface area contributed by atoms with Gasteiger partial charge in [-0.05, 0) is 55.2 Å². The molecule has 0 spiro atoms. The Morgan fingerprint density at radius 3 is 2.57 bits per heavy atom. The second-order valence-electron chi connectivity index (χ2n) is 3.47. The summed E-state index contributed by atoms with van der Waals surface area (Å²) in [6.07, 6.45) is 1.87. The van der Waals surface area contributed by atoms with E-state index in [1.807, 2.05) is 24.3 Å². The number of hydrogen-bond acceptors (Lipinski definition) is 0. The molecule has 0 aliphatic rings. The molecule has 1 heteroatoms. The average Bonchev–Trinajstić information content (AvgIpc) is 2.19. The smallest absolute Gasteiger partial charge is 0.0412 e. The molecule has 1 aromatic carbocycles. The van der Waals surface area contributed by atoms with Crippen molar-refractivity contribution in [2.24, 2.45) is 0 Å². The molecule has 0 N–H and O–H groups in total. The zero-order valence-electron chi connectivity index (χ0n) is 8.89. The number of aryl methyl sites for hydroxylation is 1. The normalized spacial score (nSPS) is 12.3. The van der Waals surface area contributed by atoms with E-state index in [0.717, 1.165) is 5.02 Å². The molecule has 0 bridgehead atoms. The van der Waals surface area contributed by atoms with Crippen LogP contribution in [0.15, 0.2) is 36.4 Å². The van der Waals surface area contributed by atoms with Gasteiger partial charge in [0.25, 0.3) is 0 Å². The minimum atomic E-state index is 0.779. The van der Waals surface area contributed by atoms with Gasteiger partial charge in [-0.1, -0.05) is 30.3 Å². The maximum Gasteiger partial charge on any atom is 0.0412 e. The Morgan fingerprint density at radius 1 is 1.36 bits per heavy atom. The highest BCUT2D eigenvalue weighted by Crippen LogP contribution is 2.25. The van der Waals surface area contributed by atoms with Gasteiger partial charge in [-0.25, -0.2) is 0 Å². The third-order valence-electron chi connectivity index (χ3n) is 2.50. The third kappa shape index (κ3) is 2.27. The van der Waals surface area contributed by atoms with E-state index in [1.54, 1.807) is 0 Å². The Bertz CT molecular complexity index is 386. The average molecular weight is 207 g/mol. The Kier molecular flexibility index (Phi) is 3.54. The van der Waals surface area contributed by atoms with Crippen molar-refractivity contribution in [3.8, 4) is 0 Å². The topological polar surface area (TPSA) is 0 Å². The molecule has 0 aromatic heterocycles. The van der Waals surface area contributed by atoms with Gasteiger partial charge in [0.2, 0.25) is 0 Å². The summed E-state index contributed by atoms with van der Waals surface area (Å²) in [4.78, 5) is 0. The summed E-state index contributed by atoms with van der Waals surface area (Å²) in [6, 6.07) is 5.95. The molecule has 0 nitrogen and oxygen atoms in total. The van der Waals surface area contributed by atoms with Crippen molar-refractivity contribution in [1.29, 1.82) is 0 Å². The molecule has 74 valence electrons. The zero-order valence-corrected chi connectivity index (χ0v) is 9.65. The lowest BCUT2D eigenvalue weighted by Crippen LogP contribution is -1.87. The third-order valence-corrected chi connectivity index (χ3v) is 2.74. The van der Waals surface area contributed by atoms with Gasteiger partial charge >= 0.3 is 0 Å². The molecule has 0 aliphatic heterocycles. The van der Waals surface area contributed by atoms with E-state index < -0.39 is 0 Å². The first kappa shape index (κ1) is 11.1. The van der Waals surface area contributed by atoms with E-state index in [9.17, 15) is 0 Å². The van der Waals surface area contributed by atoms with Crippen molar-refractivity contribution >= 4 is 17.2 Å². The van der Waals surface area contributed by atoms with E-state index in [-0.39, 0.29) is 0 Å². The van der Waals surface area contributed by atoms with Crippen LogP contribution in [0.2, 0.25) is 5.02 Å². The fourth-order valence-electron chi connectivity index (χ4n) is 1.36. The van der Waals surface area contributed by atoms with Gasteiger partial charge in [0, 0.05) is 5.02 Å². The van der Waals surface area contributed by atoms with Crippen LogP contribution in [0.1, 0.15) is 25.0 Å². The van der Waals surface area contributed by atoms with E-state index >= 15 is 0 Å². The Balaban J connectivity index is 3.32. The van der Waals surface area contributed by atoms with Crippen molar-refractivity contribution in [3.05, 3.63) is 52.6 Å². The minimum absolute atomic E-state index is 0.779. The summed E-state index contributed by atoms with van der Waals surface area (Å²) in [7, 11) is 0. The lowest BCUT2D eigenvalue weighted by molar-refractivity contribution is 1.38. The van der Waals surface area contributed by atoms with Crippen LogP contribution < -0.4 is 0 Å². The van der Waals surface area contributed by atoms with Gasteiger partial charge in [0.05, 0.1) is 0 Å². The van der Waals surface area contributed by atoms with Gasteiger partial charge in [-0.3, -0.25) is 0 Å². The van der Waals surface area contributed by atoms with Crippen LogP contribution in [0.25, 0.3) is 5.57 Å². The molecule has 0 radical (unpaired) electrons. The molecular formula is C13H15Cl. The van der Waals surface area contributed by atoms with Crippen LogP contribution in [-0.4, -0.2) is 0 Å². The second kappa shape index (κ2) is 4.47. The number of benzene rings is 1. The summed E-state index contributed by atoms with van der Waals surface area (Å²) in [5.41, 5.74) is 4.87. The van der Waals surface area contributed by atoms with Gasteiger partial charge in [-0.15, -0.1) is 0 Å². The summed E-state index contributed by atoms with van der Waals surface area (Å²) in [5, 5.41) is 0.779. The second-order valence-corrected chi connectivity index (χ2v) is 3.91. The Morgan fingerprint density at radius 2 is 2.00 bits per heavy atom. The summed E-state index contributed by atoms with van der Waals surface area (Å²) in [6.45, 7) is 10.0. The fourth-order valence-corrected chi connectivity index (χ4v) is 1.54. The molecular weight excluding hydrogens is 192 g/mol. The lowest BCUT2D eigenvalue weighted by Gasteiger charge is -2.08. The first-order valence-corrected chi connectivity index (χ1v) is 5.00. The molecule has 0 amide bonds. The molecule has 0 saturated heterocycles. The predicted octanol–water partition coefficient (Wildman–Crippen LogP) is 4.63. The van der Waals surface area contributed by atoms with Gasteiger partial charge in [-0.2, -0.15) is 0 Å². The molecule has 1 aromatic rings. The molecule has 0 fully saturated rings. The highest BCUT2D eigenvalue weighted by molar-refractivity contribution is 6.30. The quantitative estimate of drug-likeness (QED) is 0.619. The van der Waals surface area contributed by atoms with E-state index in [0.29, 0.717) is 0 Å². The number of hydrogen-bond donors (Lipinski definition) is 0. The first-order valence-electron chi connectivity index (χ1n) is 4.62. The minimum Gasteiger partial charge on any atom is -0.0988 e. The maximum absolute atomic E-state index is 5.96. The van der Waals surface area contributed by atoms with Crippen molar-refractivity contribution in [2.45, 2.75) is 20.8 Å². The molecule has 0 heterocycles. The van der Waals surface area contributed by atoms with Crippen LogP contribution in [0.5, 0.6) is 0 Å². The summed E-state index contributed by atoms with van der Waals surface area (Å²) >= 11 is 5.96. The first-order chi connectivity index (χ1) is 6.56. The molecule has 0 unspecified atom stereocenters. The van der Waals surface area contributed by atoms with Gasteiger partial charge in [0.1, 0.15) is 0 Å². The van der Waals surface area contributed by atoms with Crippen LogP contribution in [0.4, 0.5) is 0 Å². The van der Waals surface area contributed by atoms with Crippen LogP contribution in [0.3, 0.4) is 0 Å². The van der Waals surface area contributed by atoms with Crippen LogP contribution in [0, 0.1) is 6.92 Å².